The second kappa shape index (κ2) is 12.4. The number of para-hydroxylation sites is 1. The summed E-state index contributed by atoms with van der Waals surface area (Å²) in [7, 11) is 0. The van der Waals surface area contributed by atoms with Gasteiger partial charge in [-0.25, -0.2) is 4.39 Å². The van der Waals surface area contributed by atoms with Crippen LogP contribution in [0.5, 0.6) is 0 Å². The lowest BCUT2D eigenvalue weighted by atomic mass is 10.1. The molecule has 3 N–H and O–H groups in total. The number of hydrogen-bond donors (Lipinski definition) is 3. The molecule has 1 unspecified atom stereocenters. The molecule has 0 fully saturated rings. The first kappa shape index (κ1) is 27.6. The number of carbonyl (C=O) groups excluding carboxylic acids is 3. The Morgan fingerprint density at radius 1 is 0.897 bits per heavy atom. The summed E-state index contributed by atoms with van der Waals surface area (Å²) in [5.74, 6) is -1.51. The fourth-order valence-corrected chi connectivity index (χ4v) is 5.57. The molecule has 0 aliphatic heterocycles. The van der Waals surface area contributed by atoms with Crippen molar-refractivity contribution in [3.8, 4) is 6.07 Å². The van der Waals surface area contributed by atoms with E-state index in [1.165, 1.54) is 36.0 Å². The van der Waals surface area contributed by atoms with Crippen molar-refractivity contribution in [1.82, 2.24) is 0 Å². The molecule has 4 rings (SSSR count). The van der Waals surface area contributed by atoms with E-state index in [2.05, 4.69) is 22.0 Å². The fourth-order valence-electron chi connectivity index (χ4n) is 3.58. The zero-order chi connectivity index (χ0) is 27.9. The van der Waals surface area contributed by atoms with Gasteiger partial charge in [-0.3, -0.25) is 14.4 Å². The van der Waals surface area contributed by atoms with Crippen LogP contribution in [0.4, 0.5) is 20.8 Å². The van der Waals surface area contributed by atoms with E-state index >= 15 is 0 Å². The Morgan fingerprint density at radius 3 is 2.26 bits per heavy atom. The molecule has 10 heteroatoms. The maximum Gasteiger partial charge on any atom is 0.266 e. The van der Waals surface area contributed by atoms with Crippen LogP contribution in [0.2, 0.25) is 0 Å². The van der Waals surface area contributed by atoms with Crippen LogP contribution < -0.4 is 16.0 Å². The van der Waals surface area contributed by atoms with Crippen molar-refractivity contribution in [3.63, 3.8) is 0 Å². The summed E-state index contributed by atoms with van der Waals surface area (Å²) in [6, 6.07) is 23.3. The molecule has 0 spiro atoms. The van der Waals surface area contributed by atoms with Gasteiger partial charge >= 0.3 is 0 Å². The summed E-state index contributed by atoms with van der Waals surface area (Å²) in [5, 5.41) is 17.8. The summed E-state index contributed by atoms with van der Waals surface area (Å²) in [6.07, 6.45) is 0. The number of halogens is 1. The van der Waals surface area contributed by atoms with E-state index in [4.69, 9.17) is 0 Å². The zero-order valence-corrected chi connectivity index (χ0v) is 22.6. The van der Waals surface area contributed by atoms with Gasteiger partial charge in [-0.1, -0.05) is 24.3 Å². The minimum absolute atomic E-state index is 0.245. The number of thioether (sulfide) groups is 1. The summed E-state index contributed by atoms with van der Waals surface area (Å²) in [6.45, 7) is 3.40. The van der Waals surface area contributed by atoms with Gasteiger partial charge in [0.25, 0.3) is 11.8 Å². The topological polar surface area (TPSA) is 111 Å². The predicted molar refractivity (Wildman–Crippen MR) is 153 cm³/mol. The number of hydrogen-bond acceptors (Lipinski definition) is 6. The number of amides is 3. The second-order valence-corrected chi connectivity index (χ2v) is 10.9. The third-order valence-corrected chi connectivity index (χ3v) is 7.91. The van der Waals surface area contributed by atoms with Gasteiger partial charge in [0.2, 0.25) is 5.91 Å². The van der Waals surface area contributed by atoms with Gasteiger partial charge in [0.05, 0.1) is 15.7 Å². The van der Waals surface area contributed by atoms with Gasteiger partial charge < -0.3 is 16.0 Å². The predicted octanol–water partition coefficient (Wildman–Crippen LogP) is 6.69. The first-order valence-electron chi connectivity index (χ1n) is 11.8. The molecule has 4 aromatic rings. The lowest BCUT2D eigenvalue weighted by Gasteiger charge is -2.12. The van der Waals surface area contributed by atoms with Crippen LogP contribution in [-0.2, 0) is 4.79 Å². The number of anilines is 3. The molecule has 0 aliphatic rings. The van der Waals surface area contributed by atoms with Crippen molar-refractivity contribution in [2.75, 3.05) is 16.0 Å². The van der Waals surface area contributed by atoms with E-state index in [0.717, 1.165) is 16.2 Å². The lowest BCUT2D eigenvalue weighted by Crippen LogP contribution is -2.22. The summed E-state index contributed by atoms with van der Waals surface area (Å²) in [5.41, 5.74) is 2.21. The monoisotopic (exact) mass is 558 g/mol. The highest BCUT2D eigenvalue weighted by Gasteiger charge is 2.23. The van der Waals surface area contributed by atoms with Crippen LogP contribution >= 0.6 is 23.1 Å². The van der Waals surface area contributed by atoms with Crippen molar-refractivity contribution in [3.05, 3.63) is 106 Å². The molecule has 0 radical (unpaired) electrons. The average Bonchev–Trinajstić information content (AvgIpc) is 3.24. The number of nitrogens with zero attached hydrogens (tertiary/aromatic N) is 1. The Labute approximate surface area is 233 Å². The van der Waals surface area contributed by atoms with Crippen LogP contribution in [0, 0.1) is 24.1 Å². The van der Waals surface area contributed by atoms with Crippen LogP contribution in [0.25, 0.3) is 0 Å². The number of rotatable bonds is 8. The molecule has 1 heterocycles. The van der Waals surface area contributed by atoms with E-state index in [0.29, 0.717) is 32.4 Å². The molecule has 1 atom stereocenters. The normalized spacial score (nSPS) is 11.2. The van der Waals surface area contributed by atoms with Gasteiger partial charge in [-0.15, -0.1) is 23.1 Å². The molecule has 0 saturated carbocycles. The molecule has 1 aromatic heterocycles. The average molecular weight is 559 g/mol. The number of carbonyl (C=O) groups is 3. The van der Waals surface area contributed by atoms with Gasteiger partial charge in [0.15, 0.2) is 0 Å². The maximum absolute atomic E-state index is 13.1. The maximum atomic E-state index is 13.1. The summed E-state index contributed by atoms with van der Waals surface area (Å²) >= 11 is 2.32. The second-order valence-electron chi connectivity index (χ2n) is 8.43. The molecule has 3 aromatic carbocycles. The lowest BCUT2D eigenvalue weighted by molar-refractivity contribution is -0.115. The van der Waals surface area contributed by atoms with Gasteiger partial charge in [0.1, 0.15) is 16.9 Å². The van der Waals surface area contributed by atoms with Crippen molar-refractivity contribution in [2.45, 2.75) is 24.0 Å². The van der Waals surface area contributed by atoms with Crippen molar-refractivity contribution in [1.29, 1.82) is 5.26 Å². The quantitative estimate of drug-likeness (QED) is 0.209. The smallest absolute Gasteiger partial charge is 0.266 e. The third kappa shape index (κ3) is 6.90. The van der Waals surface area contributed by atoms with Crippen LogP contribution in [0.3, 0.4) is 0 Å². The highest BCUT2D eigenvalue weighted by Crippen LogP contribution is 2.34. The Balaban J connectivity index is 1.42. The molecular formula is C29H23FN4O3S2. The highest BCUT2D eigenvalue weighted by atomic mass is 32.2. The molecule has 39 heavy (non-hydrogen) atoms. The number of benzene rings is 3. The van der Waals surface area contributed by atoms with Crippen LogP contribution in [0.15, 0.2) is 83.8 Å². The molecule has 196 valence electrons. The fraction of sp³-hybridized carbons (Fsp3) is 0.103. The Bertz CT molecular complexity index is 1560. The molecule has 0 aliphatic carbocycles. The minimum Gasteiger partial charge on any atom is -0.322 e. The number of thiophene rings is 1. The Hall–Kier alpha value is -4.46. The van der Waals surface area contributed by atoms with E-state index in [-0.39, 0.29) is 23.3 Å². The zero-order valence-electron chi connectivity index (χ0n) is 20.9. The van der Waals surface area contributed by atoms with Crippen molar-refractivity contribution in [2.24, 2.45) is 0 Å². The van der Waals surface area contributed by atoms with Gasteiger partial charge in [-0.05, 0) is 74.0 Å². The highest BCUT2D eigenvalue weighted by molar-refractivity contribution is 8.00. The summed E-state index contributed by atoms with van der Waals surface area (Å²) in [4.78, 5) is 39.4. The third-order valence-electron chi connectivity index (χ3n) is 5.61. The Morgan fingerprint density at radius 2 is 1.56 bits per heavy atom. The minimum atomic E-state index is -0.552. The Kier molecular flexibility index (Phi) is 8.76. The molecular weight excluding hydrogens is 535 g/mol. The SMILES string of the molecule is Cc1c(C(=O)Nc2ccccc2)sc(NC(=O)C(C)Sc2cccc(NC(=O)c3ccc(F)cc3)c2)c1C#N. The van der Waals surface area contributed by atoms with Crippen LogP contribution in [0.1, 0.15) is 38.1 Å². The summed E-state index contributed by atoms with van der Waals surface area (Å²) < 4.78 is 13.1. The van der Waals surface area contributed by atoms with Gasteiger partial charge in [-0.2, -0.15) is 5.26 Å². The molecule has 3 amide bonds. The standard InChI is InChI=1S/C29H23FN4O3S2/c1-17-24(16-31)29(39-25(17)28(37)32-21-7-4-3-5-8-21)34-26(35)18(2)38-23-10-6-9-22(15-23)33-27(36)19-11-13-20(30)14-12-19/h3-15,18H,1-2H3,(H,32,37)(H,33,36)(H,34,35). The molecule has 0 bridgehead atoms. The van der Waals surface area contributed by atoms with Crippen molar-refractivity contribution < 1.29 is 18.8 Å². The van der Waals surface area contributed by atoms with Crippen molar-refractivity contribution >= 4 is 57.2 Å². The molecule has 7 nitrogen and oxygen atoms in total. The van der Waals surface area contributed by atoms with Crippen LogP contribution in [-0.4, -0.2) is 23.0 Å². The number of nitrogens with one attached hydrogen (secondary N) is 3. The van der Waals surface area contributed by atoms with E-state index in [1.54, 1.807) is 56.3 Å². The van der Waals surface area contributed by atoms with E-state index < -0.39 is 11.1 Å². The molecule has 0 saturated heterocycles. The first-order valence-corrected chi connectivity index (χ1v) is 13.5. The first-order chi connectivity index (χ1) is 18.7. The van der Waals surface area contributed by atoms with E-state index in [9.17, 15) is 24.0 Å². The van der Waals surface area contributed by atoms with E-state index in [1.807, 2.05) is 12.1 Å². The number of nitriles is 1. The largest absolute Gasteiger partial charge is 0.322 e. The van der Waals surface area contributed by atoms with Gasteiger partial charge in [0, 0.05) is 21.8 Å².